The molecule has 16 heavy (non-hydrogen) atoms. The summed E-state index contributed by atoms with van der Waals surface area (Å²) in [7, 11) is 0. The minimum Gasteiger partial charge on any atom is -0.302 e. The van der Waals surface area contributed by atoms with Crippen LogP contribution < -0.4 is 0 Å². The van der Waals surface area contributed by atoms with Gasteiger partial charge >= 0.3 is 0 Å². The smallest absolute Gasteiger partial charge is 0.0635 e. The molecule has 0 radical (unpaired) electrons. The molecular weight excluding hydrogens is 196 g/mol. The Labute approximate surface area is 101 Å². The van der Waals surface area contributed by atoms with Crippen LogP contribution in [0.25, 0.3) is 0 Å². The largest absolute Gasteiger partial charge is 0.302 e. The average molecular weight is 222 g/mol. The second kappa shape index (κ2) is 6.25. The van der Waals surface area contributed by atoms with Crippen LogP contribution in [0.2, 0.25) is 0 Å². The Morgan fingerprint density at radius 1 is 1.31 bits per heavy atom. The van der Waals surface area contributed by atoms with E-state index in [1.54, 1.807) is 0 Å². The third kappa shape index (κ3) is 3.79. The van der Waals surface area contributed by atoms with Crippen molar-refractivity contribution in [1.29, 1.82) is 5.26 Å². The molecule has 0 amide bonds. The van der Waals surface area contributed by atoms with Crippen LogP contribution in [0.3, 0.4) is 0 Å². The van der Waals surface area contributed by atoms with Gasteiger partial charge in [-0.25, -0.2) is 0 Å². The Bertz CT molecular complexity index is 232. The summed E-state index contributed by atoms with van der Waals surface area (Å²) >= 11 is 0. The molecule has 0 unspecified atom stereocenters. The molecule has 92 valence electrons. The lowest BCUT2D eigenvalue weighted by Crippen LogP contribution is -2.39. The quantitative estimate of drug-likeness (QED) is 0.712. The highest BCUT2D eigenvalue weighted by Gasteiger charge is 2.31. The van der Waals surface area contributed by atoms with Crippen LogP contribution >= 0.6 is 0 Å². The summed E-state index contributed by atoms with van der Waals surface area (Å²) in [4.78, 5) is 2.45. The van der Waals surface area contributed by atoms with E-state index in [0.717, 1.165) is 12.5 Å². The molecule has 0 bridgehead atoms. The van der Waals surface area contributed by atoms with Crippen molar-refractivity contribution < 1.29 is 0 Å². The van der Waals surface area contributed by atoms with Gasteiger partial charge in [-0.3, -0.25) is 0 Å². The van der Waals surface area contributed by atoms with Crippen molar-refractivity contribution in [3.63, 3.8) is 0 Å². The number of hydrogen-bond donors (Lipinski definition) is 0. The number of rotatable bonds is 5. The third-order valence-corrected chi connectivity index (χ3v) is 4.13. The monoisotopic (exact) mass is 222 g/mol. The third-order valence-electron chi connectivity index (χ3n) is 4.13. The topological polar surface area (TPSA) is 27.0 Å². The Balaban J connectivity index is 2.34. The molecule has 1 aliphatic rings. The van der Waals surface area contributed by atoms with E-state index < -0.39 is 0 Å². The Hall–Kier alpha value is -0.550. The molecule has 0 aromatic carbocycles. The first-order valence-electron chi connectivity index (χ1n) is 6.69. The maximum atomic E-state index is 8.57. The maximum Gasteiger partial charge on any atom is 0.0635 e. The summed E-state index contributed by atoms with van der Waals surface area (Å²) in [5, 5.41) is 8.57. The fourth-order valence-corrected chi connectivity index (χ4v) is 2.99. The highest BCUT2D eigenvalue weighted by atomic mass is 15.1. The van der Waals surface area contributed by atoms with Gasteiger partial charge in [0.2, 0.25) is 0 Å². The lowest BCUT2D eigenvalue weighted by atomic mass is 9.71. The van der Waals surface area contributed by atoms with Crippen LogP contribution in [-0.2, 0) is 0 Å². The molecule has 0 aliphatic carbocycles. The molecule has 1 fully saturated rings. The van der Waals surface area contributed by atoms with Crippen LogP contribution in [-0.4, -0.2) is 24.5 Å². The van der Waals surface area contributed by atoms with Crippen LogP contribution in [0, 0.1) is 22.7 Å². The minimum absolute atomic E-state index is 0.510. The zero-order valence-electron chi connectivity index (χ0n) is 11.1. The van der Waals surface area contributed by atoms with Crippen molar-refractivity contribution in [2.45, 2.75) is 52.9 Å². The van der Waals surface area contributed by atoms with Gasteiger partial charge in [0, 0.05) is 13.0 Å². The summed E-state index contributed by atoms with van der Waals surface area (Å²) in [6, 6.07) is 2.24. The molecule has 1 heterocycles. The van der Waals surface area contributed by atoms with Crippen molar-refractivity contribution in [3.8, 4) is 6.07 Å². The Morgan fingerprint density at radius 3 is 2.44 bits per heavy atom. The number of nitriles is 1. The van der Waals surface area contributed by atoms with E-state index in [4.69, 9.17) is 5.26 Å². The van der Waals surface area contributed by atoms with Gasteiger partial charge in [0.15, 0.2) is 0 Å². The number of piperidine rings is 1. The normalized spacial score (nSPS) is 19.6. The highest BCUT2D eigenvalue weighted by molar-refractivity contribution is 4.84. The van der Waals surface area contributed by atoms with Gasteiger partial charge in [-0.15, -0.1) is 0 Å². The molecule has 1 saturated heterocycles. The first kappa shape index (κ1) is 13.5. The molecule has 0 N–H and O–H groups in total. The standard InChI is InChI=1S/C14H26N2/c1-4-8-14(2,3)13-6-11-16(12-7-13)10-5-9-15/h13H,4-8,10-12H2,1-3H3. The van der Waals surface area contributed by atoms with Gasteiger partial charge in [0.1, 0.15) is 0 Å². The highest BCUT2D eigenvalue weighted by Crippen LogP contribution is 2.38. The lowest BCUT2D eigenvalue weighted by Gasteiger charge is -2.40. The SMILES string of the molecule is CCCC(C)(C)C1CCN(CCC#N)CC1. The molecule has 1 rings (SSSR count). The molecule has 2 nitrogen and oxygen atoms in total. The molecular formula is C14H26N2. The average Bonchev–Trinajstić information content (AvgIpc) is 2.27. The van der Waals surface area contributed by atoms with Gasteiger partial charge in [0.25, 0.3) is 0 Å². The van der Waals surface area contributed by atoms with Gasteiger partial charge in [-0.2, -0.15) is 5.26 Å². The number of likely N-dealkylation sites (tertiary alicyclic amines) is 1. The first-order valence-corrected chi connectivity index (χ1v) is 6.69. The molecule has 0 aromatic heterocycles. The molecule has 1 aliphatic heterocycles. The maximum absolute atomic E-state index is 8.57. The van der Waals surface area contributed by atoms with E-state index >= 15 is 0 Å². The number of nitrogens with zero attached hydrogens (tertiary/aromatic N) is 2. The number of hydrogen-bond acceptors (Lipinski definition) is 2. The van der Waals surface area contributed by atoms with Crippen LogP contribution in [0.4, 0.5) is 0 Å². The second-order valence-corrected chi connectivity index (χ2v) is 5.76. The van der Waals surface area contributed by atoms with Crippen molar-refractivity contribution in [2.75, 3.05) is 19.6 Å². The predicted octanol–water partition coefficient (Wildman–Crippen LogP) is 3.44. The van der Waals surface area contributed by atoms with Crippen LogP contribution in [0.1, 0.15) is 52.9 Å². The summed E-state index contributed by atoms with van der Waals surface area (Å²) in [5.41, 5.74) is 0.510. The summed E-state index contributed by atoms with van der Waals surface area (Å²) in [6.07, 6.45) is 5.96. The molecule has 0 aromatic rings. The van der Waals surface area contributed by atoms with Crippen molar-refractivity contribution in [1.82, 2.24) is 4.90 Å². The fourth-order valence-electron chi connectivity index (χ4n) is 2.99. The van der Waals surface area contributed by atoms with E-state index in [1.165, 1.54) is 38.8 Å². The van der Waals surface area contributed by atoms with Gasteiger partial charge < -0.3 is 4.90 Å². The van der Waals surface area contributed by atoms with Gasteiger partial charge in [0.05, 0.1) is 6.07 Å². The molecule has 2 heteroatoms. The molecule has 0 spiro atoms. The van der Waals surface area contributed by atoms with Crippen molar-refractivity contribution >= 4 is 0 Å². The second-order valence-electron chi connectivity index (χ2n) is 5.76. The summed E-state index contributed by atoms with van der Waals surface area (Å²) in [5.74, 6) is 0.880. The Morgan fingerprint density at radius 2 is 1.94 bits per heavy atom. The van der Waals surface area contributed by atoms with Crippen molar-refractivity contribution in [3.05, 3.63) is 0 Å². The van der Waals surface area contributed by atoms with E-state index in [1.807, 2.05) is 0 Å². The lowest BCUT2D eigenvalue weighted by molar-refractivity contribution is 0.0944. The van der Waals surface area contributed by atoms with E-state index in [0.29, 0.717) is 11.8 Å². The Kier molecular flexibility index (Phi) is 5.28. The zero-order valence-corrected chi connectivity index (χ0v) is 11.1. The van der Waals surface area contributed by atoms with Crippen LogP contribution in [0.5, 0.6) is 0 Å². The predicted molar refractivity (Wildman–Crippen MR) is 68.1 cm³/mol. The summed E-state index contributed by atoms with van der Waals surface area (Å²) in [6.45, 7) is 10.5. The molecule has 0 atom stereocenters. The van der Waals surface area contributed by atoms with E-state index in [9.17, 15) is 0 Å². The van der Waals surface area contributed by atoms with Crippen LogP contribution in [0.15, 0.2) is 0 Å². The fraction of sp³-hybridized carbons (Fsp3) is 0.929. The zero-order chi connectivity index (χ0) is 12.0. The summed E-state index contributed by atoms with van der Waals surface area (Å²) < 4.78 is 0. The first-order chi connectivity index (χ1) is 7.60. The van der Waals surface area contributed by atoms with Gasteiger partial charge in [-0.1, -0.05) is 27.2 Å². The van der Waals surface area contributed by atoms with E-state index in [-0.39, 0.29) is 0 Å². The van der Waals surface area contributed by atoms with Crippen molar-refractivity contribution in [2.24, 2.45) is 11.3 Å². The van der Waals surface area contributed by atoms with E-state index in [2.05, 4.69) is 31.7 Å². The van der Waals surface area contributed by atoms with Gasteiger partial charge in [-0.05, 0) is 43.7 Å². The minimum atomic E-state index is 0.510. The molecule has 0 saturated carbocycles.